The third kappa shape index (κ3) is 3.02. The highest BCUT2D eigenvalue weighted by Gasteiger charge is 2.37. The van der Waals surface area contributed by atoms with Crippen molar-refractivity contribution in [2.24, 2.45) is 0 Å². The van der Waals surface area contributed by atoms with Gasteiger partial charge in [-0.15, -0.1) is 0 Å². The van der Waals surface area contributed by atoms with Crippen LogP contribution in [0.2, 0.25) is 0 Å². The van der Waals surface area contributed by atoms with Gasteiger partial charge in [-0.2, -0.15) is 0 Å². The molecule has 2 aromatic carbocycles. The van der Waals surface area contributed by atoms with Gasteiger partial charge in [0.2, 0.25) is 0 Å². The maximum atomic E-state index is 12.8. The zero-order valence-electron chi connectivity index (χ0n) is 14.9. The maximum Gasteiger partial charge on any atom is 0.331 e. The topological polar surface area (TPSA) is 47.4 Å². The highest BCUT2D eigenvalue weighted by molar-refractivity contribution is 5.79. The first kappa shape index (κ1) is 16.5. The molecule has 1 aromatic heterocycles. The summed E-state index contributed by atoms with van der Waals surface area (Å²) in [7, 11) is 0. The molecule has 0 saturated carbocycles. The van der Waals surface area contributed by atoms with Gasteiger partial charge in [0.25, 0.3) is 0 Å². The molecule has 0 aliphatic carbocycles. The van der Waals surface area contributed by atoms with Gasteiger partial charge >= 0.3 is 6.03 Å². The summed E-state index contributed by atoms with van der Waals surface area (Å²) >= 11 is 0. The highest BCUT2D eigenvalue weighted by atomic mass is 16.5. The van der Waals surface area contributed by atoms with Crippen LogP contribution in [0.3, 0.4) is 0 Å². The van der Waals surface area contributed by atoms with Crippen LogP contribution in [0.4, 0.5) is 4.79 Å². The minimum atomic E-state index is -0.311. The van der Waals surface area contributed by atoms with Crippen LogP contribution >= 0.6 is 0 Å². The lowest BCUT2D eigenvalue weighted by molar-refractivity contribution is 0.140. The number of carbonyl (C=O) groups excluding carboxylic acids is 1. The fourth-order valence-electron chi connectivity index (χ4n) is 3.16. The number of carbonyl (C=O) groups is 1. The molecule has 1 saturated heterocycles. The van der Waals surface area contributed by atoms with Crippen molar-refractivity contribution in [1.82, 2.24) is 14.5 Å². The van der Waals surface area contributed by atoms with Crippen molar-refractivity contribution >= 4 is 6.03 Å². The molecule has 132 valence electrons. The average Bonchev–Trinajstić information content (AvgIpc) is 3.28. The minimum Gasteiger partial charge on any atom is -0.359 e. The van der Waals surface area contributed by atoms with E-state index in [4.69, 9.17) is 4.74 Å². The van der Waals surface area contributed by atoms with Crippen molar-refractivity contribution in [2.45, 2.75) is 19.4 Å². The van der Waals surface area contributed by atoms with E-state index >= 15 is 0 Å². The molecule has 1 aliphatic rings. The number of hydrogen-bond donors (Lipinski definition) is 0. The second-order valence-corrected chi connectivity index (χ2v) is 7.11. The van der Waals surface area contributed by atoms with Crippen LogP contribution in [0, 0.1) is 0 Å². The Hall–Kier alpha value is -2.92. The van der Waals surface area contributed by atoms with Gasteiger partial charge in [0.15, 0.2) is 0 Å². The Morgan fingerprint density at radius 1 is 1.04 bits per heavy atom. The minimum absolute atomic E-state index is 0.120. The molecule has 3 aromatic rings. The summed E-state index contributed by atoms with van der Waals surface area (Å²) in [4.78, 5) is 18.9. The fourth-order valence-corrected chi connectivity index (χ4v) is 3.16. The largest absolute Gasteiger partial charge is 0.359 e. The van der Waals surface area contributed by atoms with E-state index in [-0.39, 0.29) is 11.6 Å². The number of nitrogens with zero attached hydrogens (tertiary/aromatic N) is 3. The molecule has 2 heterocycles. The third-order valence-corrected chi connectivity index (χ3v) is 4.71. The summed E-state index contributed by atoms with van der Waals surface area (Å²) in [5.74, 6) is 0. The predicted molar refractivity (Wildman–Crippen MR) is 101 cm³/mol. The van der Waals surface area contributed by atoms with Gasteiger partial charge in [0.1, 0.15) is 13.1 Å². The molecule has 1 amide bonds. The van der Waals surface area contributed by atoms with Crippen molar-refractivity contribution < 1.29 is 9.53 Å². The van der Waals surface area contributed by atoms with Crippen LogP contribution in [0.25, 0.3) is 22.4 Å². The monoisotopic (exact) mass is 347 g/mol. The van der Waals surface area contributed by atoms with Crippen LogP contribution in [0.5, 0.6) is 0 Å². The van der Waals surface area contributed by atoms with Crippen molar-refractivity contribution in [3.63, 3.8) is 0 Å². The van der Waals surface area contributed by atoms with Crippen molar-refractivity contribution in [1.29, 1.82) is 0 Å². The number of amides is 1. The molecule has 0 N–H and O–H groups in total. The van der Waals surface area contributed by atoms with E-state index in [0.717, 1.165) is 22.4 Å². The van der Waals surface area contributed by atoms with Crippen molar-refractivity contribution in [3.05, 3.63) is 67.1 Å². The molecular formula is C21H21N3O2. The second-order valence-electron chi connectivity index (χ2n) is 7.11. The third-order valence-electron chi connectivity index (χ3n) is 4.71. The SMILES string of the molecule is CC1(C)COCN1C(=O)n1cnc(-c2cccc(-c3ccccc3)c2)c1. The number of benzene rings is 2. The quantitative estimate of drug-likeness (QED) is 0.696. The Morgan fingerprint density at radius 2 is 1.77 bits per heavy atom. The molecule has 0 radical (unpaired) electrons. The Balaban J connectivity index is 1.62. The first-order chi connectivity index (χ1) is 12.5. The summed E-state index contributed by atoms with van der Waals surface area (Å²) in [6, 6.07) is 18.3. The number of aromatic nitrogens is 2. The Labute approximate surface area is 152 Å². The van der Waals surface area contributed by atoms with E-state index in [0.29, 0.717) is 13.3 Å². The lowest BCUT2D eigenvalue weighted by atomic mass is 10.0. The zero-order valence-corrected chi connectivity index (χ0v) is 14.9. The lowest BCUT2D eigenvalue weighted by Gasteiger charge is -2.28. The van der Waals surface area contributed by atoms with Crippen LogP contribution in [0.15, 0.2) is 67.1 Å². The van der Waals surface area contributed by atoms with E-state index in [9.17, 15) is 4.79 Å². The van der Waals surface area contributed by atoms with E-state index in [1.807, 2.05) is 44.2 Å². The van der Waals surface area contributed by atoms with E-state index in [1.54, 1.807) is 17.4 Å². The van der Waals surface area contributed by atoms with Gasteiger partial charge in [-0.1, -0.05) is 48.5 Å². The maximum absolute atomic E-state index is 12.8. The molecule has 5 heteroatoms. The van der Waals surface area contributed by atoms with E-state index in [1.165, 1.54) is 4.57 Å². The Morgan fingerprint density at radius 3 is 2.50 bits per heavy atom. The molecule has 26 heavy (non-hydrogen) atoms. The standard InChI is InChI=1S/C21H21N3O2/c1-21(2)13-26-15-24(21)20(25)23-12-19(22-14-23)18-10-6-9-17(11-18)16-7-4-3-5-8-16/h3-12,14H,13,15H2,1-2H3. The summed E-state index contributed by atoms with van der Waals surface area (Å²) in [6.45, 7) is 4.85. The summed E-state index contributed by atoms with van der Waals surface area (Å²) in [5, 5.41) is 0. The van der Waals surface area contributed by atoms with Gasteiger partial charge in [-0.3, -0.25) is 9.47 Å². The Kier molecular flexibility index (Phi) is 4.09. The molecular weight excluding hydrogens is 326 g/mol. The molecule has 1 fully saturated rings. The van der Waals surface area contributed by atoms with Gasteiger partial charge < -0.3 is 4.74 Å². The highest BCUT2D eigenvalue weighted by Crippen LogP contribution is 2.26. The number of imidazole rings is 1. The normalized spacial score (nSPS) is 16.0. The van der Waals surface area contributed by atoms with E-state index < -0.39 is 0 Å². The molecule has 0 spiro atoms. The van der Waals surface area contributed by atoms with Gasteiger partial charge in [0.05, 0.1) is 17.8 Å². The van der Waals surface area contributed by atoms with Gasteiger partial charge in [0, 0.05) is 11.8 Å². The first-order valence-electron chi connectivity index (χ1n) is 8.64. The van der Waals surface area contributed by atoms with Crippen LogP contribution in [-0.2, 0) is 4.74 Å². The smallest absolute Gasteiger partial charge is 0.331 e. The Bertz CT molecular complexity index is 931. The average molecular weight is 347 g/mol. The predicted octanol–water partition coefficient (Wildman–Crippen LogP) is 4.25. The summed E-state index contributed by atoms with van der Waals surface area (Å²) in [5.41, 5.74) is 3.72. The molecule has 0 unspecified atom stereocenters. The summed E-state index contributed by atoms with van der Waals surface area (Å²) < 4.78 is 6.97. The molecule has 4 rings (SSSR count). The van der Waals surface area contributed by atoms with Crippen molar-refractivity contribution in [3.8, 4) is 22.4 Å². The van der Waals surface area contributed by atoms with Crippen LogP contribution in [0.1, 0.15) is 13.8 Å². The molecule has 5 nitrogen and oxygen atoms in total. The van der Waals surface area contributed by atoms with Crippen LogP contribution < -0.4 is 0 Å². The lowest BCUT2D eigenvalue weighted by Crippen LogP contribution is -2.45. The van der Waals surface area contributed by atoms with Gasteiger partial charge in [-0.05, 0) is 31.0 Å². The summed E-state index contributed by atoms with van der Waals surface area (Å²) in [6.07, 6.45) is 3.35. The molecule has 1 aliphatic heterocycles. The van der Waals surface area contributed by atoms with Crippen molar-refractivity contribution in [2.75, 3.05) is 13.3 Å². The number of hydrogen-bond acceptors (Lipinski definition) is 3. The van der Waals surface area contributed by atoms with Crippen LogP contribution in [-0.4, -0.2) is 39.4 Å². The fraction of sp³-hybridized carbons (Fsp3) is 0.238. The van der Waals surface area contributed by atoms with E-state index in [2.05, 4.69) is 29.2 Å². The molecule has 0 bridgehead atoms. The second kappa shape index (κ2) is 6.42. The van der Waals surface area contributed by atoms with Gasteiger partial charge in [-0.25, -0.2) is 9.78 Å². The molecule has 0 atom stereocenters. The number of rotatable bonds is 2. The first-order valence-corrected chi connectivity index (χ1v) is 8.64. The zero-order chi connectivity index (χ0) is 18.1. The number of ether oxygens (including phenoxy) is 1.